The molecule has 6 heteroatoms. The summed E-state index contributed by atoms with van der Waals surface area (Å²) in [5.74, 6) is 2.66. The molecule has 1 aromatic carbocycles. The number of methoxy groups -OCH3 is 1. The lowest BCUT2D eigenvalue weighted by Crippen LogP contribution is -2.38. The molecule has 1 aromatic heterocycles. The first kappa shape index (κ1) is 18.6. The molecule has 134 valence electrons. The van der Waals surface area contributed by atoms with Crippen molar-refractivity contribution in [1.82, 2.24) is 15.2 Å². The number of anilines is 1. The smallest absolute Gasteiger partial charge is 0.193 e. The number of para-hydroxylation sites is 1. The molecule has 0 fully saturated rings. The summed E-state index contributed by atoms with van der Waals surface area (Å²) in [7, 11) is 9.48. The first-order valence-electron chi connectivity index (χ1n) is 8.21. The number of aliphatic imine (C=N–C) groups is 1. The van der Waals surface area contributed by atoms with Crippen LogP contribution in [0.25, 0.3) is 0 Å². The van der Waals surface area contributed by atoms with Crippen molar-refractivity contribution in [3.8, 4) is 5.75 Å². The predicted octanol–water partition coefficient (Wildman–Crippen LogP) is 2.36. The zero-order chi connectivity index (χ0) is 18.2. The summed E-state index contributed by atoms with van der Waals surface area (Å²) in [6, 6.07) is 12.0. The molecule has 0 radical (unpaired) electrons. The van der Waals surface area contributed by atoms with E-state index in [4.69, 9.17) is 4.74 Å². The quantitative estimate of drug-likeness (QED) is 0.646. The monoisotopic (exact) mass is 341 g/mol. The molecule has 0 saturated carbocycles. The highest BCUT2D eigenvalue weighted by Crippen LogP contribution is 2.19. The average molecular weight is 341 g/mol. The van der Waals surface area contributed by atoms with Crippen LogP contribution in [0.3, 0.4) is 0 Å². The predicted molar refractivity (Wildman–Crippen MR) is 103 cm³/mol. The number of ether oxygens (including phenoxy) is 1. The molecule has 0 aliphatic carbocycles. The van der Waals surface area contributed by atoms with Crippen LogP contribution in [0.2, 0.25) is 0 Å². The van der Waals surface area contributed by atoms with Gasteiger partial charge in [-0.3, -0.25) is 4.99 Å². The summed E-state index contributed by atoms with van der Waals surface area (Å²) in [5, 5.41) is 3.41. The van der Waals surface area contributed by atoms with Crippen LogP contribution >= 0.6 is 0 Å². The molecule has 0 unspecified atom stereocenters. The number of hydrogen-bond acceptors (Lipinski definition) is 4. The van der Waals surface area contributed by atoms with Crippen LogP contribution in [0, 0.1) is 0 Å². The summed E-state index contributed by atoms with van der Waals surface area (Å²) < 4.78 is 5.43. The first-order valence-corrected chi connectivity index (χ1v) is 8.21. The van der Waals surface area contributed by atoms with Gasteiger partial charge in [-0.1, -0.05) is 24.3 Å². The lowest BCUT2D eigenvalue weighted by molar-refractivity contribution is 0.396. The van der Waals surface area contributed by atoms with E-state index >= 15 is 0 Å². The Morgan fingerprint density at radius 3 is 2.52 bits per heavy atom. The topological polar surface area (TPSA) is 53.0 Å². The van der Waals surface area contributed by atoms with Gasteiger partial charge in [-0.15, -0.1) is 0 Å². The molecule has 1 heterocycles. The lowest BCUT2D eigenvalue weighted by atomic mass is 10.2. The number of hydrogen-bond donors (Lipinski definition) is 1. The highest BCUT2D eigenvalue weighted by Gasteiger charge is 2.11. The summed E-state index contributed by atoms with van der Waals surface area (Å²) in [6.45, 7) is 1.36. The summed E-state index contributed by atoms with van der Waals surface area (Å²) in [6.07, 6.45) is 1.81. The lowest BCUT2D eigenvalue weighted by Gasteiger charge is -2.24. The maximum atomic E-state index is 5.43. The van der Waals surface area contributed by atoms with Gasteiger partial charge in [0.05, 0.1) is 7.11 Å². The highest BCUT2D eigenvalue weighted by atomic mass is 16.5. The van der Waals surface area contributed by atoms with Crippen LogP contribution in [0.15, 0.2) is 47.6 Å². The molecule has 0 aliphatic rings. The number of benzene rings is 1. The maximum absolute atomic E-state index is 5.43. The molecule has 6 nitrogen and oxygen atoms in total. The Bertz CT molecular complexity index is 714. The Balaban J connectivity index is 2.05. The van der Waals surface area contributed by atoms with E-state index in [1.54, 1.807) is 14.2 Å². The van der Waals surface area contributed by atoms with E-state index in [9.17, 15) is 0 Å². The van der Waals surface area contributed by atoms with Crippen molar-refractivity contribution < 1.29 is 4.74 Å². The molecule has 2 rings (SSSR count). The fourth-order valence-corrected chi connectivity index (χ4v) is 2.69. The van der Waals surface area contributed by atoms with Crippen LogP contribution in [0.5, 0.6) is 5.75 Å². The number of aromatic nitrogens is 1. The molecular weight excluding hydrogens is 314 g/mol. The van der Waals surface area contributed by atoms with E-state index in [-0.39, 0.29) is 0 Å². The second-order valence-corrected chi connectivity index (χ2v) is 5.95. The van der Waals surface area contributed by atoms with Gasteiger partial charge in [0.2, 0.25) is 0 Å². The number of nitrogens with one attached hydrogen (secondary N) is 1. The number of nitrogens with zero attached hydrogens (tertiary/aromatic N) is 4. The van der Waals surface area contributed by atoms with E-state index in [0.717, 1.165) is 28.7 Å². The molecule has 0 amide bonds. The van der Waals surface area contributed by atoms with Gasteiger partial charge in [-0.05, 0) is 12.1 Å². The van der Waals surface area contributed by atoms with E-state index in [1.165, 1.54) is 0 Å². The molecule has 0 bridgehead atoms. The third kappa shape index (κ3) is 4.86. The second-order valence-electron chi connectivity index (χ2n) is 5.95. The normalized spacial score (nSPS) is 11.2. The minimum absolute atomic E-state index is 0.657. The molecule has 0 aliphatic heterocycles. The van der Waals surface area contributed by atoms with Gasteiger partial charge in [0, 0.05) is 58.6 Å². The fourth-order valence-electron chi connectivity index (χ4n) is 2.69. The van der Waals surface area contributed by atoms with Crippen LogP contribution in [0.1, 0.15) is 11.1 Å². The van der Waals surface area contributed by atoms with Gasteiger partial charge < -0.3 is 19.9 Å². The van der Waals surface area contributed by atoms with Crippen molar-refractivity contribution >= 4 is 11.8 Å². The molecule has 25 heavy (non-hydrogen) atoms. The van der Waals surface area contributed by atoms with E-state index in [0.29, 0.717) is 13.1 Å². The molecule has 0 spiro atoms. The van der Waals surface area contributed by atoms with Crippen molar-refractivity contribution in [2.24, 2.45) is 4.99 Å². The van der Waals surface area contributed by atoms with Crippen LogP contribution < -0.4 is 15.0 Å². The Hall–Kier alpha value is -2.76. The summed E-state index contributed by atoms with van der Waals surface area (Å²) >= 11 is 0. The third-order valence-corrected chi connectivity index (χ3v) is 3.90. The van der Waals surface area contributed by atoms with E-state index in [1.807, 2.05) is 56.5 Å². The van der Waals surface area contributed by atoms with Gasteiger partial charge in [-0.2, -0.15) is 0 Å². The van der Waals surface area contributed by atoms with Gasteiger partial charge in [0.25, 0.3) is 0 Å². The summed E-state index contributed by atoms with van der Waals surface area (Å²) in [4.78, 5) is 12.9. The van der Waals surface area contributed by atoms with Crippen LogP contribution in [-0.4, -0.2) is 51.1 Å². The average Bonchev–Trinajstić information content (AvgIpc) is 2.63. The van der Waals surface area contributed by atoms with Crippen molar-refractivity contribution in [3.05, 3.63) is 53.7 Å². The van der Waals surface area contributed by atoms with Crippen molar-refractivity contribution in [3.63, 3.8) is 0 Å². The fraction of sp³-hybridized carbons (Fsp3) is 0.368. The minimum atomic E-state index is 0.657. The maximum Gasteiger partial charge on any atom is 0.193 e. The SMILES string of the molecule is CN=C(NCc1cccnc1N(C)C)N(C)Cc1ccccc1OC. The Labute approximate surface area is 150 Å². The number of rotatable bonds is 6. The molecule has 0 saturated heterocycles. The van der Waals surface area contributed by atoms with Gasteiger partial charge in [0.1, 0.15) is 11.6 Å². The summed E-state index contributed by atoms with van der Waals surface area (Å²) in [5.41, 5.74) is 2.24. The minimum Gasteiger partial charge on any atom is -0.496 e. The van der Waals surface area contributed by atoms with Gasteiger partial charge in [0.15, 0.2) is 5.96 Å². The Morgan fingerprint density at radius 2 is 1.84 bits per heavy atom. The Kier molecular flexibility index (Phi) is 6.62. The van der Waals surface area contributed by atoms with Gasteiger partial charge >= 0.3 is 0 Å². The molecule has 2 aromatic rings. The third-order valence-electron chi connectivity index (χ3n) is 3.90. The van der Waals surface area contributed by atoms with E-state index in [2.05, 4.69) is 32.3 Å². The number of pyridine rings is 1. The zero-order valence-corrected chi connectivity index (χ0v) is 15.7. The van der Waals surface area contributed by atoms with Crippen molar-refractivity contribution in [2.75, 3.05) is 40.2 Å². The van der Waals surface area contributed by atoms with Gasteiger partial charge in [-0.25, -0.2) is 4.98 Å². The Morgan fingerprint density at radius 1 is 1.12 bits per heavy atom. The first-order chi connectivity index (χ1) is 12.1. The second kappa shape index (κ2) is 8.92. The number of guanidine groups is 1. The largest absolute Gasteiger partial charge is 0.496 e. The molecular formula is C19H27N5O. The van der Waals surface area contributed by atoms with Crippen molar-refractivity contribution in [1.29, 1.82) is 0 Å². The molecule has 0 atom stereocenters. The zero-order valence-electron chi connectivity index (χ0n) is 15.7. The molecule has 1 N–H and O–H groups in total. The standard InChI is InChI=1S/C19H27N5O/c1-20-19(22-13-15-10-8-12-21-18(15)23(2)3)24(4)14-16-9-6-7-11-17(16)25-5/h6-12H,13-14H2,1-5H3,(H,20,22). The van der Waals surface area contributed by atoms with Crippen LogP contribution in [-0.2, 0) is 13.1 Å². The van der Waals surface area contributed by atoms with Crippen LogP contribution in [0.4, 0.5) is 5.82 Å². The van der Waals surface area contributed by atoms with Crippen molar-refractivity contribution in [2.45, 2.75) is 13.1 Å². The van der Waals surface area contributed by atoms with E-state index < -0.39 is 0 Å². The highest BCUT2D eigenvalue weighted by molar-refractivity contribution is 5.79.